The molecule has 2 N–H and O–H groups in total. The number of carbonyl (C=O) groups is 2. The number of furan rings is 1. The van der Waals surface area contributed by atoms with Crippen LogP contribution < -0.4 is 5.32 Å². The third-order valence-corrected chi connectivity index (χ3v) is 7.12. The summed E-state index contributed by atoms with van der Waals surface area (Å²) in [4.78, 5) is 27.5. The van der Waals surface area contributed by atoms with Gasteiger partial charge in [0.25, 0.3) is 5.91 Å². The smallest absolute Gasteiger partial charge is 0.287 e. The average molecular weight is 495 g/mol. The van der Waals surface area contributed by atoms with Crippen molar-refractivity contribution in [2.75, 3.05) is 13.1 Å². The van der Waals surface area contributed by atoms with Crippen LogP contribution in [-0.2, 0) is 10.4 Å². The minimum Gasteiger partial charge on any atom is -0.451 e. The van der Waals surface area contributed by atoms with Crippen LogP contribution in [0, 0.1) is 5.41 Å². The monoisotopic (exact) mass is 494 g/mol. The maximum absolute atomic E-state index is 13.0. The molecule has 1 saturated heterocycles. The molecule has 0 radical (unpaired) electrons. The highest BCUT2D eigenvalue weighted by molar-refractivity contribution is 6.30. The molecule has 4 rings (SSSR count). The normalized spacial score (nSPS) is 20.3. The minimum atomic E-state index is -1.07. The molecule has 0 aliphatic carbocycles. The van der Waals surface area contributed by atoms with Crippen LogP contribution in [0.15, 0.2) is 71.1 Å². The first-order valence-corrected chi connectivity index (χ1v) is 12.2. The lowest BCUT2D eigenvalue weighted by Gasteiger charge is -2.50. The number of nitrogens with one attached hydrogen (secondary N) is 1. The van der Waals surface area contributed by atoms with Crippen molar-refractivity contribution in [3.8, 4) is 11.3 Å². The number of rotatable bonds is 6. The van der Waals surface area contributed by atoms with Gasteiger partial charge in [0.15, 0.2) is 5.76 Å². The summed E-state index contributed by atoms with van der Waals surface area (Å²) in [5.41, 5.74) is 0.0571. The SMILES string of the molecule is C[C@H](CC(=O)N1CC[C@](O)(c2ccc(Cl)cc2)C(C)(C)C1)NC(=O)c1ccc(-c2ccccc2)o1. The highest BCUT2D eigenvalue weighted by Gasteiger charge is 2.49. The second kappa shape index (κ2) is 9.88. The number of nitrogens with zero attached hydrogens (tertiary/aromatic N) is 1. The molecule has 184 valence electrons. The highest BCUT2D eigenvalue weighted by atomic mass is 35.5. The Labute approximate surface area is 210 Å². The molecule has 2 atom stereocenters. The van der Waals surface area contributed by atoms with Gasteiger partial charge in [0.1, 0.15) is 5.76 Å². The molecule has 6 nitrogen and oxygen atoms in total. The lowest BCUT2D eigenvalue weighted by molar-refractivity contribution is -0.153. The predicted molar refractivity (Wildman–Crippen MR) is 136 cm³/mol. The van der Waals surface area contributed by atoms with E-state index in [0.717, 1.165) is 11.1 Å². The topological polar surface area (TPSA) is 82.8 Å². The van der Waals surface area contributed by atoms with Gasteiger partial charge in [-0.2, -0.15) is 0 Å². The Morgan fingerprint density at radius 3 is 2.43 bits per heavy atom. The zero-order valence-corrected chi connectivity index (χ0v) is 21.0. The number of halogens is 1. The Morgan fingerprint density at radius 2 is 1.77 bits per heavy atom. The van der Waals surface area contributed by atoms with Gasteiger partial charge < -0.3 is 19.7 Å². The van der Waals surface area contributed by atoms with E-state index in [9.17, 15) is 14.7 Å². The lowest BCUT2D eigenvalue weighted by atomic mass is 9.66. The van der Waals surface area contributed by atoms with E-state index in [2.05, 4.69) is 5.32 Å². The maximum atomic E-state index is 13.0. The van der Waals surface area contributed by atoms with Crippen LogP contribution in [0.4, 0.5) is 0 Å². The Hall–Kier alpha value is -3.09. The molecule has 0 spiro atoms. The Bertz CT molecular complexity index is 1190. The van der Waals surface area contributed by atoms with Gasteiger partial charge >= 0.3 is 0 Å². The van der Waals surface area contributed by atoms with Crippen LogP contribution in [-0.4, -0.2) is 41.0 Å². The highest BCUT2D eigenvalue weighted by Crippen LogP contribution is 2.46. The summed E-state index contributed by atoms with van der Waals surface area (Å²) in [5, 5.41) is 15.0. The predicted octanol–water partition coefficient (Wildman–Crippen LogP) is 5.25. The number of benzene rings is 2. The zero-order chi connectivity index (χ0) is 25.2. The van der Waals surface area contributed by atoms with E-state index < -0.39 is 11.0 Å². The number of carbonyl (C=O) groups excluding carboxylic acids is 2. The number of hydrogen-bond acceptors (Lipinski definition) is 4. The number of aliphatic hydroxyl groups is 1. The van der Waals surface area contributed by atoms with Gasteiger partial charge in [-0.1, -0.05) is 67.9 Å². The van der Waals surface area contributed by atoms with Gasteiger partial charge in [-0.05, 0) is 43.2 Å². The van der Waals surface area contributed by atoms with Crippen LogP contribution in [0.1, 0.15) is 49.7 Å². The molecule has 0 bridgehead atoms. The Morgan fingerprint density at radius 1 is 1.09 bits per heavy atom. The molecule has 0 unspecified atom stereocenters. The van der Waals surface area contributed by atoms with E-state index in [4.69, 9.17) is 16.0 Å². The van der Waals surface area contributed by atoms with Crippen molar-refractivity contribution in [2.24, 2.45) is 5.41 Å². The summed E-state index contributed by atoms with van der Waals surface area (Å²) >= 11 is 6.01. The molecule has 1 aliphatic rings. The van der Waals surface area contributed by atoms with Crippen molar-refractivity contribution >= 4 is 23.4 Å². The van der Waals surface area contributed by atoms with E-state index in [-0.39, 0.29) is 30.0 Å². The summed E-state index contributed by atoms with van der Waals surface area (Å²) < 4.78 is 5.71. The quantitative estimate of drug-likeness (QED) is 0.490. The number of likely N-dealkylation sites (tertiary alicyclic amines) is 1. The average Bonchev–Trinajstić information content (AvgIpc) is 3.32. The van der Waals surface area contributed by atoms with Crippen molar-refractivity contribution in [3.63, 3.8) is 0 Å². The Balaban J connectivity index is 1.35. The van der Waals surface area contributed by atoms with E-state index in [1.807, 2.05) is 56.3 Å². The van der Waals surface area contributed by atoms with Gasteiger partial charge in [0, 0.05) is 41.6 Å². The van der Waals surface area contributed by atoms with Crippen molar-refractivity contribution in [1.29, 1.82) is 0 Å². The molecule has 1 aromatic heterocycles. The number of hydrogen-bond donors (Lipinski definition) is 2. The summed E-state index contributed by atoms with van der Waals surface area (Å²) in [7, 11) is 0. The van der Waals surface area contributed by atoms with Gasteiger partial charge in [0.2, 0.25) is 5.91 Å². The minimum absolute atomic E-state index is 0.0616. The van der Waals surface area contributed by atoms with Crippen LogP contribution in [0.3, 0.4) is 0 Å². The fraction of sp³-hybridized carbons (Fsp3) is 0.357. The molecule has 0 saturated carbocycles. The summed E-state index contributed by atoms with van der Waals surface area (Å²) in [6.07, 6.45) is 0.580. The van der Waals surface area contributed by atoms with E-state index in [0.29, 0.717) is 30.3 Å². The first kappa shape index (κ1) is 25.0. The second-order valence-corrected chi connectivity index (χ2v) is 10.4. The van der Waals surface area contributed by atoms with Gasteiger partial charge in [-0.15, -0.1) is 0 Å². The van der Waals surface area contributed by atoms with Crippen LogP contribution in [0.5, 0.6) is 0 Å². The second-order valence-electron chi connectivity index (χ2n) is 9.92. The van der Waals surface area contributed by atoms with Gasteiger partial charge in [-0.3, -0.25) is 9.59 Å². The Kier molecular flexibility index (Phi) is 7.06. The molecule has 1 fully saturated rings. The summed E-state index contributed by atoms with van der Waals surface area (Å²) in [6, 6.07) is 19.8. The zero-order valence-electron chi connectivity index (χ0n) is 20.3. The lowest BCUT2D eigenvalue weighted by Crippen LogP contribution is -2.57. The molecule has 2 heterocycles. The van der Waals surface area contributed by atoms with Crippen molar-refractivity contribution in [2.45, 2.75) is 45.3 Å². The number of amides is 2. The van der Waals surface area contributed by atoms with Crippen LogP contribution in [0.2, 0.25) is 5.02 Å². The van der Waals surface area contributed by atoms with Crippen molar-refractivity contribution in [3.05, 3.63) is 83.1 Å². The first-order valence-electron chi connectivity index (χ1n) is 11.8. The molecule has 1 aliphatic heterocycles. The first-order chi connectivity index (χ1) is 16.6. The maximum Gasteiger partial charge on any atom is 0.287 e. The molecular weight excluding hydrogens is 464 g/mol. The van der Waals surface area contributed by atoms with E-state index in [1.165, 1.54) is 0 Å². The third kappa shape index (κ3) is 5.29. The molecule has 35 heavy (non-hydrogen) atoms. The fourth-order valence-electron chi connectivity index (χ4n) is 4.75. The van der Waals surface area contributed by atoms with Gasteiger partial charge in [0.05, 0.1) is 5.60 Å². The molecule has 2 aromatic carbocycles. The summed E-state index contributed by atoms with van der Waals surface area (Å²) in [6.45, 7) is 6.57. The number of piperidine rings is 1. The molecule has 7 heteroatoms. The van der Waals surface area contributed by atoms with Crippen molar-refractivity contribution in [1.82, 2.24) is 10.2 Å². The fourth-order valence-corrected chi connectivity index (χ4v) is 4.88. The van der Waals surface area contributed by atoms with E-state index in [1.54, 1.807) is 36.1 Å². The largest absolute Gasteiger partial charge is 0.451 e. The molecular formula is C28H31ClN2O4. The third-order valence-electron chi connectivity index (χ3n) is 6.87. The standard InChI is InChI=1S/C28H31ClN2O4/c1-19(30-26(33)24-14-13-23(35-24)20-7-5-4-6-8-20)17-25(32)31-16-15-28(34,27(2,3)18-31)21-9-11-22(29)12-10-21/h4-14,19,34H,15-18H2,1-3H3,(H,30,33)/t19-,28+/m1/s1. The van der Waals surface area contributed by atoms with Gasteiger partial charge in [-0.25, -0.2) is 0 Å². The van der Waals surface area contributed by atoms with Crippen molar-refractivity contribution < 1.29 is 19.1 Å². The van der Waals surface area contributed by atoms with Crippen LogP contribution in [0.25, 0.3) is 11.3 Å². The summed E-state index contributed by atoms with van der Waals surface area (Å²) in [5.74, 6) is 0.399. The van der Waals surface area contributed by atoms with Crippen LogP contribution >= 0.6 is 11.6 Å². The molecule has 2 amide bonds. The molecule has 3 aromatic rings. The van der Waals surface area contributed by atoms with E-state index >= 15 is 0 Å².